The molecule has 3 heteroatoms. The molecule has 2 N–H and O–H groups in total. The van der Waals surface area contributed by atoms with Gasteiger partial charge in [0.05, 0.1) is 0 Å². The molecule has 1 rings (SSSR count). The average molecular weight is 274 g/mol. The molecule has 14 heavy (non-hydrogen) atoms. The summed E-state index contributed by atoms with van der Waals surface area (Å²) in [5, 5.41) is 0. The Morgan fingerprint density at radius 2 is 2.29 bits per heavy atom. The number of hydrogen-bond acceptors (Lipinski definition) is 2. The van der Waals surface area contributed by atoms with Gasteiger partial charge in [0.25, 0.3) is 0 Å². The van der Waals surface area contributed by atoms with Crippen LogP contribution in [-0.4, -0.2) is 6.54 Å². The van der Waals surface area contributed by atoms with Crippen LogP contribution in [0.1, 0.15) is 23.6 Å². The largest absolute Gasteiger partial charge is 0.327 e. The maximum atomic E-state index is 5.69. The maximum Gasteiger partial charge on any atom is 0.0317 e. The smallest absolute Gasteiger partial charge is 0.0317 e. The summed E-state index contributed by atoms with van der Waals surface area (Å²) in [6.07, 6.45) is 2.20. The van der Waals surface area contributed by atoms with E-state index < -0.39 is 0 Å². The van der Waals surface area contributed by atoms with Crippen molar-refractivity contribution in [1.29, 1.82) is 0 Å². The Kier molecular flexibility index (Phi) is 4.35. The van der Waals surface area contributed by atoms with Crippen molar-refractivity contribution in [3.8, 4) is 0 Å². The van der Waals surface area contributed by atoms with Crippen LogP contribution in [0.25, 0.3) is 6.08 Å². The van der Waals surface area contributed by atoms with Gasteiger partial charge < -0.3 is 5.73 Å². The van der Waals surface area contributed by atoms with E-state index in [-0.39, 0.29) is 0 Å². The second-order valence-electron chi connectivity index (χ2n) is 3.63. The van der Waals surface area contributed by atoms with E-state index in [9.17, 15) is 0 Å². The molecule has 1 heterocycles. The van der Waals surface area contributed by atoms with Gasteiger partial charge in [-0.2, -0.15) is 0 Å². The molecule has 1 aromatic heterocycles. The average Bonchev–Trinajstić information content (AvgIpc) is 2.41. The highest BCUT2D eigenvalue weighted by atomic mass is 79.9. The van der Waals surface area contributed by atoms with Crippen LogP contribution in [-0.2, 0) is 0 Å². The predicted octanol–water partition coefficient (Wildman–Crippen LogP) is 3.82. The maximum absolute atomic E-state index is 5.69. The molecular weight excluding hydrogens is 258 g/mol. The molecule has 0 aliphatic rings. The lowest BCUT2D eigenvalue weighted by Crippen LogP contribution is -2.07. The first-order valence-electron chi connectivity index (χ1n) is 4.71. The molecule has 0 aliphatic heterocycles. The summed E-state index contributed by atoms with van der Waals surface area (Å²) in [6, 6.07) is 2.15. The van der Waals surface area contributed by atoms with Gasteiger partial charge in [-0.25, -0.2) is 0 Å². The molecule has 0 bridgehead atoms. The Morgan fingerprint density at radius 3 is 2.64 bits per heavy atom. The molecule has 0 amide bonds. The molecule has 0 aliphatic carbocycles. The van der Waals surface area contributed by atoms with Crippen molar-refractivity contribution < 1.29 is 0 Å². The van der Waals surface area contributed by atoms with Gasteiger partial charge in [-0.3, -0.25) is 0 Å². The minimum absolute atomic E-state index is 0.529. The Hall–Kier alpha value is -0.120. The van der Waals surface area contributed by atoms with Gasteiger partial charge in [-0.1, -0.05) is 19.4 Å². The number of nitrogens with two attached hydrogens (primary N) is 1. The van der Waals surface area contributed by atoms with Crippen molar-refractivity contribution in [2.75, 3.05) is 6.54 Å². The second-order valence-corrected chi connectivity index (χ2v) is 5.77. The third-order valence-electron chi connectivity index (χ3n) is 2.18. The van der Waals surface area contributed by atoms with Gasteiger partial charge in [0, 0.05) is 20.8 Å². The zero-order valence-electron chi connectivity index (χ0n) is 8.80. The molecule has 1 aromatic rings. The molecule has 0 fully saturated rings. The first-order valence-corrected chi connectivity index (χ1v) is 6.32. The molecule has 0 atom stereocenters. The second kappa shape index (κ2) is 5.10. The van der Waals surface area contributed by atoms with E-state index in [1.165, 1.54) is 19.8 Å². The third-order valence-corrected chi connectivity index (χ3v) is 4.26. The zero-order valence-corrected chi connectivity index (χ0v) is 11.2. The minimum Gasteiger partial charge on any atom is -0.327 e. The van der Waals surface area contributed by atoms with Crippen LogP contribution < -0.4 is 5.73 Å². The van der Waals surface area contributed by atoms with Gasteiger partial charge in [0.1, 0.15) is 0 Å². The van der Waals surface area contributed by atoms with E-state index in [1.807, 2.05) is 0 Å². The zero-order chi connectivity index (χ0) is 10.7. The van der Waals surface area contributed by atoms with E-state index in [1.54, 1.807) is 11.3 Å². The van der Waals surface area contributed by atoms with Crippen LogP contribution in [0.15, 0.2) is 16.1 Å². The number of aryl methyl sites for hydroxylation is 1. The third kappa shape index (κ3) is 2.94. The van der Waals surface area contributed by atoms with E-state index in [0.29, 0.717) is 12.5 Å². The molecule has 0 unspecified atom stereocenters. The van der Waals surface area contributed by atoms with Gasteiger partial charge in [0.2, 0.25) is 0 Å². The Balaban J connectivity index is 2.94. The number of rotatable bonds is 3. The first kappa shape index (κ1) is 12.0. The molecule has 78 valence electrons. The normalized spacial score (nSPS) is 12.6. The van der Waals surface area contributed by atoms with Crippen molar-refractivity contribution in [1.82, 2.24) is 0 Å². The molecular formula is C11H16BrNS. The van der Waals surface area contributed by atoms with Crippen molar-refractivity contribution >= 4 is 33.3 Å². The van der Waals surface area contributed by atoms with Crippen LogP contribution >= 0.6 is 27.3 Å². The molecule has 0 saturated heterocycles. The van der Waals surface area contributed by atoms with Gasteiger partial charge >= 0.3 is 0 Å². The Bertz CT molecular complexity index is 320. The highest BCUT2D eigenvalue weighted by Gasteiger charge is 2.04. The van der Waals surface area contributed by atoms with Crippen LogP contribution in [0.3, 0.4) is 0 Å². The Morgan fingerprint density at radius 1 is 1.64 bits per heavy atom. The number of hydrogen-bond donors (Lipinski definition) is 1. The highest BCUT2D eigenvalue weighted by molar-refractivity contribution is 9.10. The summed E-state index contributed by atoms with van der Waals surface area (Å²) in [4.78, 5) is 2.60. The van der Waals surface area contributed by atoms with E-state index >= 15 is 0 Å². The summed E-state index contributed by atoms with van der Waals surface area (Å²) in [5.41, 5.74) is 7.00. The topological polar surface area (TPSA) is 26.0 Å². The summed E-state index contributed by atoms with van der Waals surface area (Å²) in [7, 11) is 0. The lowest BCUT2D eigenvalue weighted by molar-refractivity contribution is 0.753. The van der Waals surface area contributed by atoms with Crippen LogP contribution in [0.2, 0.25) is 0 Å². The van der Waals surface area contributed by atoms with Crippen LogP contribution in [0.5, 0.6) is 0 Å². The molecule has 0 radical (unpaired) electrons. The van der Waals surface area contributed by atoms with Crippen molar-refractivity contribution in [2.45, 2.75) is 20.8 Å². The molecule has 1 nitrogen and oxygen atoms in total. The SMILES string of the molecule is Cc1sc(C=C(CN)C(C)C)cc1Br. The standard InChI is InChI=1S/C11H16BrNS/c1-7(2)9(6-13)4-10-5-11(12)8(3)14-10/h4-5,7H,6,13H2,1-3H3. The van der Waals surface area contributed by atoms with Gasteiger partial charge in [-0.15, -0.1) is 11.3 Å². The number of thiophene rings is 1. The summed E-state index contributed by atoms with van der Waals surface area (Å²) >= 11 is 5.31. The fourth-order valence-corrected chi connectivity index (χ4v) is 2.73. The molecule has 0 spiro atoms. The number of halogens is 1. The van der Waals surface area contributed by atoms with E-state index in [2.05, 4.69) is 48.8 Å². The lowest BCUT2D eigenvalue weighted by atomic mass is 10.0. The molecule has 0 aromatic carbocycles. The van der Waals surface area contributed by atoms with Crippen molar-refractivity contribution in [2.24, 2.45) is 11.7 Å². The van der Waals surface area contributed by atoms with Gasteiger partial charge in [0.15, 0.2) is 0 Å². The van der Waals surface area contributed by atoms with Gasteiger partial charge in [-0.05, 0) is 40.9 Å². The quantitative estimate of drug-likeness (QED) is 0.891. The van der Waals surface area contributed by atoms with Crippen molar-refractivity contribution in [3.05, 3.63) is 25.9 Å². The van der Waals surface area contributed by atoms with Crippen molar-refractivity contribution in [3.63, 3.8) is 0 Å². The Labute approximate surface area is 98.1 Å². The van der Waals surface area contributed by atoms with E-state index in [0.717, 1.165) is 0 Å². The highest BCUT2D eigenvalue weighted by Crippen LogP contribution is 2.28. The minimum atomic E-state index is 0.529. The molecule has 0 saturated carbocycles. The van der Waals surface area contributed by atoms with Crippen LogP contribution in [0, 0.1) is 12.8 Å². The first-order chi connectivity index (χ1) is 6.54. The summed E-state index contributed by atoms with van der Waals surface area (Å²) in [5.74, 6) is 0.529. The monoisotopic (exact) mass is 273 g/mol. The van der Waals surface area contributed by atoms with Crippen LogP contribution in [0.4, 0.5) is 0 Å². The summed E-state index contributed by atoms with van der Waals surface area (Å²) in [6.45, 7) is 7.11. The lowest BCUT2D eigenvalue weighted by Gasteiger charge is -2.07. The fourth-order valence-electron chi connectivity index (χ4n) is 1.20. The van der Waals surface area contributed by atoms with E-state index in [4.69, 9.17) is 5.73 Å². The summed E-state index contributed by atoms with van der Waals surface area (Å²) < 4.78 is 1.19. The predicted molar refractivity (Wildman–Crippen MR) is 68.6 cm³/mol. The fraction of sp³-hybridized carbons (Fsp3) is 0.455.